The minimum Gasteiger partial charge on any atom is -0.507 e. The number of anilines is 1. The van der Waals surface area contributed by atoms with Crippen molar-refractivity contribution in [1.82, 2.24) is 4.98 Å². The lowest BCUT2D eigenvalue weighted by atomic mass is 9.95. The van der Waals surface area contributed by atoms with E-state index in [9.17, 15) is 19.1 Å². The molecule has 1 aliphatic rings. The fraction of sp³-hybridized carbons (Fsp3) is 0.0333. The van der Waals surface area contributed by atoms with E-state index in [0.29, 0.717) is 27.6 Å². The number of aromatic nitrogens is 1. The van der Waals surface area contributed by atoms with E-state index in [1.54, 1.807) is 54.6 Å². The van der Waals surface area contributed by atoms with Gasteiger partial charge in [0.15, 0.2) is 5.13 Å². The van der Waals surface area contributed by atoms with E-state index in [2.05, 4.69) is 4.98 Å². The average molecular weight is 557 g/mol. The van der Waals surface area contributed by atoms with E-state index in [4.69, 9.17) is 16.3 Å². The lowest BCUT2D eigenvalue weighted by Gasteiger charge is -2.23. The van der Waals surface area contributed by atoms with Crippen molar-refractivity contribution in [2.24, 2.45) is 0 Å². The average Bonchev–Trinajstić information content (AvgIpc) is 3.47. The van der Waals surface area contributed by atoms with Crippen molar-refractivity contribution in [2.45, 2.75) is 6.04 Å². The number of nitrogens with zero attached hydrogens (tertiary/aromatic N) is 2. The van der Waals surface area contributed by atoms with Gasteiger partial charge in [0.05, 0.1) is 21.8 Å². The van der Waals surface area contributed by atoms with Gasteiger partial charge >= 0.3 is 5.91 Å². The van der Waals surface area contributed by atoms with Crippen LogP contribution in [0.25, 0.3) is 16.0 Å². The Kier molecular flexibility index (Phi) is 6.34. The number of amides is 1. The lowest BCUT2D eigenvalue weighted by Crippen LogP contribution is -2.29. The van der Waals surface area contributed by atoms with Crippen molar-refractivity contribution < 1.29 is 23.8 Å². The van der Waals surface area contributed by atoms with Crippen LogP contribution in [0.3, 0.4) is 0 Å². The number of halogens is 2. The molecule has 1 aliphatic heterocycles. The van der Waals surface area contributed by atoms with Crippen LogP contribution in [-0.4, -0.2) is 21.8 Å². The largest absolute Gasteiger partial charge is 0.507 e. The number of carbonyl (C=O) groups is 2. The third-order valence-corrected chi connectivity index (χ3v) is 7.51. The molecule has 2 heterocycles. The van der Waals surface area contributed by atoms with Crippen LogP contribution < -0.4 is 9.64 Å². The Morgan fingerprint density at radius 1 is 0.923 bits per heavy atom. The summed E-state index contributed by atoms with van der Waals surface area (Å²) in [6.45, 7) is 0. The summed E-state index contributed by atoms with van der Waals surface area (Å²) in [5, 5.41) is 12.1. The Balaban J connectivity index is 1.52. The van der Waals surface area contributed by atoms with Crippen LogP contribution in [0.2, 0.25) is 5.02 Å². The first-order valence-corrected chi connectivity index (χ1v) is 13.0. The molecule has 0 radical (unpaired) electrons. The molecule has 1 saturated heterocycles. The van der Waals surface area contributed by atoms with Crippen LogP contribution in [-0.2, 0) is 9.59 Å². The number of para-hydroxylation sites is 1. The van der Waals surface area contributed by atoms with E-state index >= 15 is 0 Å². The number of aliphatic hydroxyl groups is 1. The van der Waals surface area contributed by atoms with Crippen LogP contribution in [0.4, 0.5) is 9.52 Å². The van der Waals surface area contributed by atoms with Gasteiger partial charge in [0, 0.05) is 10.6 Å². The van der Waals surface area contributed by atoms with Crippen LogP contribution in [0.5, 0.6) is 11.5 Å². The van der Waals surface area contributed by atoms with Gasteiger partial charge in [0.2, 0.25) is 0 Å². The monoisotopic (exact) mass is 556 g/mol. The molecule has 0 spiro atoms. The number of hydrogen-bond acceptors (Lipinski definition) is 6. The van der Waals surface area contributed by atoms with Gasteiger partial charge in [-0.3, -0.25) is 14.5 Å². The zero-order valence-corrected chi connectivity index (χ0v) is 21.6. The molecule has 39 heavy (non-hydrogen) atoms. The summed E-state index contributed by atoms with van der Waals surface area (Å²) >= 11 is 7.36. The van der Waals surface area contributed by atoms with E-state index in [1.165, 1.54) is 40.5 Å². The number of rotatable bonds is 5. The molecule has 5 aromatic rings. The van der Waals surface area contributed by atoms with Gasteiger partial charge in [-0.1, -0.05) is 53.3 Å². The van der Waals surface area contributed by atoms with Crippen molar-refractivity contribution in [2.75, 3.05) is 4.90 Å². The highest BCUT2D eigenvalue weighted by atomic mass is 35.5. The van der Waals surface area contributed by atoms with Gasteiger partial charge in [-0.15, -0.1) is 0 Å². The van der Waals surface area contributed by atoms with Crippen LogP contribution >= 0.6 is 22.9 Å². The SMILES string of the molecule is O=C1C(=O)N(c2nc3ccc(Cl)cc3s2)C(c2cccc(Oc3ccccc3)c2)C1=C(O)c1ccc(F)cc1. The minimum absolute atomic E-state index is 0.138. The quantitative estimate of drug-likeness (QED) is 0.138. The number of aliphatic hydroxyl groups excluding tert-OH is 1. The van der Waals surface area contributed by atoms with Crippen LogP contribution in [0, 0.1) is 5.82 Å². The number of ether oxygens (including phenoxy) is 1. The topological polar surface area (TPSA) is 79.7 Å². The molecule has 0 aliphatic carbocycles. The number of carbonyl (C=O) groups excluding carboxylic acids is 2. The maximum atomic E-state index is 13.6. The molecule has 1 fully saturated rings. The number of Topliss-reactive ketones (excluding diaryl/α,β-unsaturated/α-hetero) is 1. The molecule has 1 aromatic heterocycles. The van der Waals surface area contributed by atoms with E-state index in [1.807, 2.05) is 18.2 Å². The summed E-state index contributed by atoms with van der Waals surface area (Å²) in [7, 11) is 0. The maximum Gasteiger partial charge on any atom is 0.301 e. The first kappa shape index (κ1) is 24.8. The molecule has 0 saturated carbocycles. The maximum absolute atomic E-state index is 13.6. The molecule has 1 unspecified atom stereocenters. The van der Waals surface area contributed by atoms with E-state index in [0.717, 1.165) is 4.70 Å². The third kappa shape index (κ3) is 4.65. The molecular formula is C30H18ClFN2O4S. The van der Waals surface area contributed by atoms with Gasteiger partial charge in [-0.05, 0) is 72.3 Å². The zero-order valence-electron chi connectivity index (χ0n) is 20.0. The molecule has 1 atom stereocenters. The second-order valence-electron chi connectivity index (χ2n) is 8.77. The Hall–Kier alpha value is -4.53. The Morgan fingerprint density at radius 2 is 1.67 bits per heavy atom. The standard InChI is InChI=1S/C30H18ClFN2O4S/c31-19-11-14-23-24(16-19)39-30(33-23)34-26(18-5-4-8-22(15-18)38-21-6-2-1-3-7-21)25(28(36)29(34)37)27(35)17-9-12-20(32)13-10-17/h1-16,26,35H. The second-order valence-corrected chi connectivity index (χ2v) is 10.2. The first-order chi connectivity index (χ1) is 18.9. The van der Waals surface area contributed by atoms with Gasteiger partial charge in [0.25, 0.3) is 5.78 Å². The highest BCUT2D eigenvalue weighted by Gasteiger charge is 2.48. The predicted octanol–water partition coefficient (Wildman–Crippen LogP) is 7.51. The van der Waals surface area contributed by atoms with Crippen molar-refractivity contribution in [3.63, 3.8) is 0 Å². The van der Waals surface area contributed by atoms with Gasteiger partial charge in [0.1, 0.15) is 23.1 Å². The molecule has 6 rings (SSSR count). The summed E-state index contributed by atoms with van der Waals surface area (Å²) in [6, 6.07) is 25.3. The summed E-state index contributed by atoms with van der Waals surface area (Å²) in [5.41, 5.74) is 1.19. The molecule has 4 aromatic carbocycles. The summed E-state index contributed by atoms with van der Waals surface area (Å²) < 4.78 is 20.3. The minimum atomic E-state index is -1.02. The van der Waals surface area contributed by atoms with Crippen molar-refractivity contribution >= 4 is 55.7 Å². The number of ketones is 1. The van der Waals surface area contributed by atoms with Gasteiger partial charge in [-0.25, -0.2) is 9.37 Å². The number of thiazole rings is 1. The number of benzene rings is 4. The van der Waals surface area contributed by atoms with Gasteiger partial charge in [-0.2, -0.15) is 0 Å². The first-order valence-electron chi connectivity index (χ1n) is 11.8. The Labute approximate surface area is 231 Å². The molecule has 192 valence electrons. The molecule has 1 amide bonds. The summed E-state index contributed by atoms with van der Waals surface area (Å²) in [6.07, 6.45) is 0. The highest BCUT2D eigenvalue weighted by Crippen LogP contribution is 2.45. The molecule has 6 nitrogen and oxygen atoms in total. The van der Waals surface area contributed by atoms with Crippen LogP contribution in [0.15, 0.2) is 103 Å². The van der Waals surface area contributed by atoms with Crippen LogP contribution in [0.1, 0.15) is 17.2 Å². The second kappa shape index (κ2) is 9.98. The van der Waals surface area contributed by atoms with Crippen molar-refractivity contribution in [3.05, 3.63) is 125 Å². The molecular weight excluding hydrogens is 539 g/mol. The summed E-state index contributed by atoms with van der Waals surface area (Å²) in [4.78, 5) is 32.8. The molecule has 1 N–H and O–H groups in total. The number of hydrogen-bond donors (Lipinski definition) is 1. The normalized spacial score (nSPS) is 16.7. The smallest absolute Gasteiger partial charge is 0.301 e. The third-order valence-electron chi connectivity index (χ3n) is 6.26. The zero-order chi connectivity index (χ0) is 27.1. The summed E-state index contributed by atoms with van der Waals surface area (Å²) in [5.74, 6) is -1.56. The van der Waals surface area contributed by atoms with Crippen molar-refractivity contribution in [1.29, 1.82) is 0 Å². The number of fused-ring (bicyclic) bond motifs is 1. The fourth-order valence-corrected chi connectivity index (χ4v) is 5.74. The van der Waals surface area contributed by atoms with Gasteiger partial charge < -0.3 is 9.84 Å². The van der Waals surface area contributed by atoms with E-state index < -0.39 is 29.3 Å². The predicted molar refractivity (Wildman–Crippen MR) is 149 cm³/mol. The molecule has 9 heteroatoms. The fourth-order valence-electron chi connectivity index (χ4n) is 4.47. The Morgan fingerprint density at radius 3 is 2.44 bits per heavy atom. The van der Waals surface area contributed by atoms with E-state index in [-0.39, 0.29) is 16.3 Å². The lowest BCUT2D eigenvalue weighted by molar-refractivity contribution is -0.132. The highest BCUT2D eigenvalue weighted by molar-refractivity contribution is 7.22. The molecule has 0 bridgehead atoms. The Bertz CT molecular complexity index is 1770. The van der Waals surface area contributed by atoms with Crippen molar-refractivity contribution in [3.8, 4) is 11.5 Å².